The lowest BCUT2D eigenvalue weighted by atomic mass is 10.1. The molecule has 0 aliphatic heterocycles. The van der Waals surface area contributed by atoms with E-state index in [-0.39, 0.29) is 11.9 Å². The largest absolute Gasteiger partial charge is 0.354 e. The minimum atomic E-state index is -0.0888. The second kappa shape index (κ2) is 6.00. The van der Waals surface area contributed by atoms with Crippen LogP contribution in [0, 0.1) is 5.92 Å². The van der Waals surface area contributed by atoms with E-state index >= 15 is 0 Å². The molecule has 12 heavy (non-hydrogen) atoms. The Morgan fingerprint density at radius 3 is 2.42 bits per heavy atom. The van der Waals surface area contributed by atoms with Crippen LogP contribution in [0.3, 0.4) is 0 Å². The summed E-state index contributed by atoms with van der Waals surface area (Å²) in [5.74, 6) is 0.649. The molecule has 3 heteroatoms. The molecular weight excluding hydrogens is 152 g/mol. The maximum Gasteiger partial charge on any atom is 0.236 e. The summed E-state index contributed by atoms with van der Waals surface area (Å²) in [5, 5.41) is 5.78. The van der Waals surface area contributed by atoms with Crippen LogP contribution in [0.2, 0.25) is 0 Å². The third-order valence-corrected chi connectivity index (χ3v) is 2.15. The highest BCUT2D eigenvalue weighted by Crippen LogP contribution is 1.97. The van der Waals surface area contributed by atoms with Gasteiger partial charge in [0.25, 0.3) is 0 Å². The van der Waals surface area contributed by atoms with Crippen LogP contribution in [0.4, 0.5) is 0 Å². The number of amides is 1. The second-order valence-electron chi connectivity index (χ2n) is 3.27. The van der Waals surface area contributed by atoms with Crippen LogP contribution in [-0.4, -0.2) is 25.5 Å². The fourth-order valence-corrected chi connectivity index (χ4v) is 0.703. The fourth-order valence-electron chi connectivity index (χ4n) is 0.703. The predicted octanol–water partition coefficient (Wildman–Crippen LogP) is 0.757. The lowest BCUT2D eigenvalue weighted by molar-refractivity contribution is -0.122. The van der Waals surface area contributed by atoms with E-state index in [1.54, 1.807) is 7.05 Å². The maximum atomic E-state index is 11.2. The zero-order chi connectivity index (χ0) is 9.56. The molecule has 3 nitrogen and oxygen atoms in total. The van der Waals surface area contributed by atoms with Gasteiger partial charge in [-0.1, -0.05) is 20.3 Å². The lowest BCUT2D eigenvalue weighted by Gasteiger charge is -2.13. The monoisotopic (exact) mass is 172 g/mol. The van der Waals surface area contributed by atoms with Gasteiger partial charge in [-0.15, -0.1) is 0 Å². The Labute approximate surface area is 74.9 Å². The van der Waals surface area contributed by atoms with E-state index in [1.165, 1.54) is 0 Å². The van der Waals surface area contributed by atoms with Crippen molar-refractivity contribution in [2.45, 2.75) is 33.2 Å². The molecule has 0 rings (SSSR count). The maximum absolute atomic E-state index is 11.2. The van der Waals surface area contributed by atoms with E-state index in [0.717, 1.165) is 13.0 Å². The summed E-state index contributed by atoms with van der Waals surface area (Å²) in [6.45, 7) is 6.88. The van der Waals surface area contributed by atoms with E-state index in [2.05, 4.69) is 24.5 Å². The van der Waals surface area contributed by atoms with Crippen LogP contribution in [0.25, 0.3) is 0 Å². The Morgan fingerprint density at radius 2 is 2.00 bits per heavy atom. The molecule has 0 bridgehead atoms. The molecule has 0 aromatic rings. The Balaban J connectivity index is 3.56. The van der Waals surface area contributed by atoms with Gasteiger partial charge in [0.15, 0.2) is 0 Å². The smallest absolute Gasteiger partial charge is 0.236 e. The Bertz CT molecular complexity index is 136. The number of carbonyl (C=O) groups is 1. The first-order valence-electron chi connectivity index (χ1n) is 4.56. The zero-order valence-corrected chi connectivity index (χ0v) is 8.48. The highest BCUT2D eigenvalue weighted by Gasteiger charge is 2.09. The van der Waals surface area contributed by atoms with E-state index in [1.807, 2.05) is 6.92 Å². The lowest BCUT2D eigenvalue weighted by Crippen LogP contribution is -2.41. The minimum Gasteiger partial charge on any atom is -0.354 e. The molecule has 72 valence electrons. The Morgan fingerprint density at radius 1 is 1.42 bits per heavy atom. The summed E-state index contributed by atoms with van der Waals surface area (Å²) in [4.78, 5) is 11.2. The molecule has 0 radical (unpaired) electrons. The number of likely N-dealkylation sites (N-methyl/N-ethyl adjacent to an activating group) is 1. The van der Waals surface area contributed by atoms with Crippen molar-refractivity contribution in [1.82, 2.24) is 10.6 Å². The highest BCUT2D eigenvalue weighted by molar-refractivity contribution is 5.81. The fraction of sp³-hybridized carbons (Fsp3) is 0.889. The van der Waals surface area contributed by atoms with Gasteiger partial charge in [0.1, 0.15) is 0 Å². The summed E-state index contributed by atoms with van der Waals surface area (Å²) in [7, 11) is 1.79. The summed E-state index contributed by atoms with van der Waals surface area (Å²) in [6, 6.07) is -0.0888. The van der Waals surface area contributed by atoms with Gasteiger partial charge in [-0.25, -0.2) is 0 Å². The molecule has 0 saturated heterocycles. The van der Waals surface area contributed by atoms with Gasteiger partial charge in [0.2, 0.25) is 5.91 Å². The SMILES string of the molecule is CCC(C)CNC(=O)C(C)NC. The number of hydrogen-bond acceptors (Lipinski definition) is 2. The van der Waals surface area contributed by atoms with Crippen LogP contribution in [-0.2, 0) is 4.79 Å². The summed E-state index contributed by atoms with van der Waals surface area (Å²) < 4.78 is 0. The van der Waals surface area contributed by atoms with Crippen LogP contribution in [0.5, 0.6) is 0 Å². The first-order valence-corrected chi connectivity index (χ1v) is 4.56. The third-order valence-electron chi connectivity index (χ3n) is 2.15. The van der Waals surface area contributed by atoms with Crippen molar-refractivity contribution in [3.63, 3.8) is 0 Å². The molecule has 0 spiro atoms. The van der Waals surface area contributed by atoms with Crippen LogP contribution < -0.4 is 10.6 Å². The average Bonchev–Trinajstić information content (AvgIpc) is 2.11. The van der Waals surface area contributed by atoms with E-state index < -0.39 is 0 Å². The first-order chi connectivity index (χ1) is 5.61. The zero-order valence-electron chi connectivity index (χ0n) is 8.48. The molecule has 0 heterocycles. The summed E-state index contributed by atoms with van der Waals surface area (Å²) >= 11 is 0. The van der Waals surface area contributed by atoms with Gasteiger partial charge in [-0.3, -0.25) is 4.79 Å². The van der Waals surface area contributed by atoms with Crippen molar-refractivity contribution in [3.05, 3.63) is 0 Å². The molecule has 0 fully saturated rings. The van der Waals surface area contributed by atoms with Crippen molar-refractivity contribution in [2.75, 3.05) is 13.6 Å². The number of hydrogen-bond donors (Lipinski definition) is 2. The van der Waals surface area contributed by atoms with Gasteiger partial charge in [-0.05, 0) is 19.9 Å². The molecule has 2 unspecified atom stereocenters. The van der Waals surface area contributed by atoms with Crippen molar-refractivity contribution in [2.24, 2.45) is 5.92 Å². The molecular formula is C9H20N2O. The standard InChI is InChI=1S/C9H20N2O/c1-5-7(2)6-11-9(12)8(3)10-4/h7-8,10H,5-6H2,1-4H3,(H,11,12). The summed E-state index contributed by atoms with van der Waals surface area (Å²) in [6.07, 6.45) is 1.11. The molecule has 0 aliphatic rings. The highest BCUT2D eigenvalue weighted by atomic mass is 16.2. The first kappa shape index (κ1) is 11.4. The van der Waals surface area contributed by atoms with Gasteiger partial charge < -0.3 is 10.6 Å². The van der Waals surface area contributed by atoms with Gasteiger partial charge in [0, 0.05) is 6.54 Å². The molecule has 0 saturated carbocycles. The van der Waals surface area contributed by atoms with Crippen molar-refractivity contribution in [1.29, 1.82) is 0 Å². The normalized spacial score (nSPS) is 15.3. The van der Waals surface area contributed by atoms with Crippen molar-refractivity contribution >= 4 is 5.91 Å². The van der Waals surface area contributed by atoms with Gasteiger partial charge in [-0.2, -0.15) is 0 Å². The third kappa shape index (κ3) is 4.34. The van der Waals surface area contributed by atoms with E-state index in [4.69, 9.17) is 0 Å². The Kier molecular flexibility index (Phi) is 5.72. The molecule has 0 aromatic heterocycles. The summed E-state index contributed by atoms with van der Waals surface area (Å²) in [5.41, 5.74) is 0. The minimum absolute atomic E-state index is 0.0813. The molecule has 0 aromatic carbocycles. The molecule has 1 amide bonds. The topological polar surface area (TPSA) is 41.1 Å². The quantitative estimate of drug-likeness (QED) is 0.642. The number of nitrogens with one attached hydrogen (secondary N) is 2. The van der Waals surface area contributed by atoms with E-state index in [9.17, 15) is 4.79 Å². The second-order valence-corrected chi connectivity index (χ2v) is 3.27. The Hall–Kier alpha value is -0.570. The predicted molar refractivity (Wildman–Crippen MR) is 51.0 cm³/mol. The van der Waals surface area contributed by atoms with Crippen molar-refractivity contribution in [3.8, 4) is 0 Å². The van der Waals surface area contributed by atoms with E-state index in [0.29, 0.717) is 5.92 Å². The van der Waals surface area contributed by atoms with Gasteiger partial charge >= 0.3 is 0 Å². The molecule has 2 N–H and O–H groups in total. The number of rotatable bonds is 5. The van der Waals surface area contributed by atoms with Crippen LogP contribution >= 0.6 is 0 Å². The van der Waals surface area contributed by atoms with Gasteiger partial charge in [0.05, 0.1) is 6.04 Å². The van der Waals surface area contributed by atoms with Crippen molar-refractivity contribution < 1.29 is 4.79 Å². The number of carbonyl (C=O) groups excluding carboxylic acids is 1. The molecule has 0 aliphatic carbocycles. The average molecular weight is 172 g/mol. The van der Waals surface area contributed by atoms with Crippen LogP contribution in [0.15, 0.2) is 0 Å². The van der Waals surface area contributed by atoms with Crippen LogP contribution in [0.1, 0.15) is 27.2 Å². The molecule has 2 atom stereocenters.